The number of anilines is 1. The molecule has 0 bridgehead atoms. The number of carbonyl (C=O) groups excluding carboxylic acids is 1. The van der Waals surface area contributed by atoms with E-state index in [-0.39, 0.29) is 5.91 Å². The fourth-order valence-electron chi connectivity index (χ4n) is 3.38. The number of nitrogens with one attached hydrogen (secondary N) is 1. The highest BCUT2D eigenvalue weighted by Crippen LogP contribution is 2.23. The van der Waals surface area contributed by atoms with Gasteiger partial charge in [-0.05, 0) is 17.7 Å². The summed E-state index contributed by atoms with van der Waals surface area (Å²) in [6.45, 7) is 4.14. The van der Waals surface area contributed by atoms with Gasteiger partial charge >= 0.3 is 0 Å². The van der Waals surface area contributed by atoms with E-state index >= 15 is 0 Å². The van der Waals surface area contributed by atoms with Crippen molar-refractivity contribution in [2.45, 2.75) is 6.54 Å². The molecule has 3 heterocycles. The zero-order valence-corrected chi connectivity index (χ0v) is 16.4. The molecule has 2 aromatic heterocycles. The summed E-state index contributed by atoms with van der Waals surface area (Å²) in [7, 11) is 1.87. The molecule has 1 aliphatic heterocycles. The highest BCUT2D eigenvalue weighted by Gasteiger charge is 2.22. The van der Waals surface area contributed by atoms with Crippen molar-refractivity contribution in [3.8, 4) is 0 Å². The normalized spacial score (nSPS) is 15.1. The van der Waals surface area contributed by atoms with Crippen LogP contribution in [-0.2, 0) is 18.4 Å². The van der Waals surface area contributed by atoms with Gasteiger partial charge in [0, 0.05) is 44.8 Å². The van der Waals surface area contributed by atoms with Crippen LogP contribution in [0.3, 0.4) is 0 Å². The SMILES string of the molecule is Cn1ncc2c(N3CCN(CC(=O)NCc4ccc(Cl)cc4)CC3)ncnc21. The van der Waals surface area contributed by atoms with Gasteiger partial charge in [-0.15, -0.1) is 0 Å². The van der Waals surface area contributed by atoms with Crippen LogP contribution in [0.25, 0.3) is 11.0 Å². The molecule has 1 aromatic carbocycles. The average molecular weight is 400 g/mol. The first-order valence-corrected chi connectivity index (χ1v) is 9.59. The van der Waals surface area contributed by atoms with Gasteiger partial charge in [0.25, 0.3) is 0 Å². The number of rotatable bonds is 5. The Labute approximate surface area is 168 Å². The summed E-state index contributed by atoms with van der Waals surface area (Å²) in [6, 6.07) is 7.49. The molecule has 0 saturated carbocycles. The van der Waals surface area contributed by atoms with Crippen LogP contribution in [0.1, 0.15) is 5.56 Å². The van der Waals surface area contributed by atoms with Gasteiger partial charge in [-0.1, -0.05) is 23.7 Å². The molecule has 4 rings (SSSR count). The predicted molar refractivity (Wildman–Crippen MR) is 108 cm³/mol. The highest BCUT2D eigenvalue weighted by atomic mass is 35.5. The number of hydrogen-bond donors (Lipinski definition) is 1. The largest absolute Gasteiger partial charge is 0.353 e. The molecule has 8 nitrogen and oxygen atoms in total. The number of hydrogen-bond acceptors (Lipinski definition) is 6. The van der Waals surface area contributed by atoms with Crippen molar-refractivity contribution in [3.05, 3.63) is 47.4 Å². The topological polar surface area (TPSA) is 79.2 Å². The Morgan fingerprint density at radius 3 is 2.64 bits per heavy atom. The number of amides is 1. The molecule has 0 aliphatic carbocycles. The van der Waals surface area contributed by atoms with E-state index in [0.29, 0.717) is 18.1 Å². The van der Waals surface area contributed by atoms with Crippen LogP contribution in [0, 0.1) is 0 Å². The lowest BCUT2D eigenvalue weighted by Crippen LogP contribution is -2.49. The van der Waals surface area contributed by atoms with E-state index in [1.54, 1.807) is 17.2 Å². The van der Waals surface area contributed by atoms with Gasteiger partial charge in [-0.3, -0.25) is 14.4 Å². The molecule has 146 valence electrons. The third kappa shape index (κ3) is 4.07. The van der Waals surface area contributed by atoms with Crippen LogP contribution < -0.4 is 10.2 Å². The molecule has 0 unspecified atom stereocenters. The number of piperazine rings is 1. The molecule has 28 heavy (non-hydrogen) atoms. The smallest absolute Gasteiger partial charge is 0.234 e. The summed E-state index contributed by atoms with van der Waals surface area (Å²) in [4.78, 5) is 25.4. The van der Waals surface area contributed by atoms with Gasteiger partial charge in [-0.25, -0.2) is 9.97 Å². The lowest BCUT2D eigenvalue weighted by Gasteiger charge is -2.35. The average Bonchev–Trinajstić information content (AvgIpc) is 3.09. The summed E-state index contributed by atoms with van der Waals surface area (Å²) >= 11 is 5.88. The first kappa shape index (κ1) is 18.6. The zero-order chi connectivity index (χ0) is 19.5. The van der Waals surface area contributed by atoms with E-state index in [4.69, 9.17) is 11.6 Å². The number of nitrogens with zero attached hydrogens (tertiary/aromatic N) is 6. The van der Waals surface area contributed by atoms with Crippen molar-refractivity contribution in [2.75, 3.05) is 37.6 Å². The molecule has 9 heteroatoms. The molecule has 0 atom stereocenters. The molecule has 1 aliphatic rings. The minimum absolute atomic E-state index is 0.0279. The van der Waals surface area contributed by atoms with Crippen LogP contribution in [-0.4, -0.2) is 63.3 Å². The van der Waals surface area contributed by atoms with Gasteiger partial charge in [0.2, 0.25) is 5.91 Å². The maximum Gasteiger partial charge on any atom is 0.234 e. The van der Waals surface area contributed by atoms with Crippen LogP contribution in [0.4, 0.5) is 5.82 Å². The number of carbonyl (C=O) groups is 1. The van der Waals surface area contributed by atoms with Crippen LogP contribution in [0.15, 0.2) is 36.8 Å². The summed E-state index contributed by atoms with van der Waals surface area (Å²) in [5.74, 6) is 0.935. The number of benzene rings is 1. The second-order valence-electron chi connectivity index (χ2n) is 6.87. The van der Waals surface area contributed by atoms with E-state index < -0.39 is 0 Å². The second-order valence-corrected chi connectivity index (χ2v) is 7.31. The Kier molecular flexibility index (Phi) is 5.40. The molecular formula is C19H22ClN7O. The van der Waals surface area contributed by atoms with Gasteiger partial charge in [0.15, 0.2) is 5.65 Å². The summed E-state index contributed by atoms with van der Waals surface area (Å²) < 4.78 is 1.75. The standard InChI is InChI=1S/C19H22ClN7O/c1-25-18-16(11-24-25)19(23-13-22-18)27-8-6-26(7-9-27)12-17(28)21-10-14-2-4-15(20)5-3-14/h2-5,11,13H,6-10,12H2,1H3,(H,21,28). The number of aromatic nitrogens is 4. The third-order valence-corrected chi connectivity index (χ3v) is 5.20. The molecule has 1 amide bonds. The second kappa shape index (κ2) is 8.12. The van der Waals surface area contributed by atoms with Gasteiger partial charge in [-0.2, -0.15) is 5.10 Å². The molecule has 0 spiro atoms. The Bertz CT molecular complexity index is 964. The van der Waals surface area contributed by atoms with Gasteiger partial charge in [0.1, 0.15) is 12.1 Å². The highest BCUT2D eigenvalue weighted by molar-refractivity contribution is 6.30. The van der Waals surface area contributed by atoms with E-state index in [9.17, 15) is 4.79 Å². The number of halogens is 1. The Hall–Kier alpha value is -2.71. The number of fused-ring (bicyclic) bond motifs is 1. The third-order valence-electron chi connectivity index (χ3n) is 4.95. The summed E-state index contributed by atoms with van der Waals surface area (Å²) in [6.07, 6.45) is 3.39. The minimum atomic E-state index is 0.0279. The Morgan fingerprint density at radius 2 is 1.89 bits per heavy atom. The van der Waals surface area contributed by atoms with Crippen LogP contribution in [0.2, 0.25) is 5.02 Å². The van der Waals surface area contributed by atoms with Crippen molar-refractivity contribution in [3.63, 3.8) is 0 Å². The Morgan fingerprint density at radius 1 is 1.14 bits per heavy atom. The first-order valence-electron chi connectivity index (χ1n) is 9.21. The Balaban J connectivity index is 1.29. The van der Waals surface area contributed by atoms with Crippen molar-refractivity contribution in [2.24, 2.45) is 7.05 Å². The fraction of sp³-hybridized carbons (Fsp3) is 0.368. The monoisotopic (exact) mass is 399 g/mol. The van der Waals surface area contributed by atoms with Gasteiger partial charge < -0.3 is 10.2 Å². The van der Waals surface area contributed by atoms with Crippen molar-refractivity contribution in [1.82, 2.24) is 30.0 Å². The van der Waals surface area contributed by atoms with Crippen molar-refractivity contribution < 1.29 is 4.79 Å². The lowest BCUT2D eigenvalue weighted by atomic mass is 10.2. The maximum absolute atomic E-state index is 12.3. The predicted octanol–water partition coefficient (Wildman–Crippen LogP) is 1.46. The van der Waals surface area contributed by atoms with E-state index in [0.717, 1.165) is 48.6 Å². The first-order chi connectivity index (χ1) is 13.6. The molecule has 1 fully saturated rings. The molecule has 0 radical (unpaired) electrons. The zero-order valence-electron chi connectivity index (χ0n) is 15.7. The van der Waals surface area contributed by atoms with Crippen LogP contribution in [0.5, 0.6) is 0 Å². The summed E-state index contributed by atoms with van der Waals surface area (Å²) in [5.41, 5.74) is 1.86. The van der Waals surface area contributed by atoms with Gasteiger partial charge in [0.05, 0.1) is 18.1 Å². The van der Waals surface area contributed by atoms with Crippen molar-refractivity contribution >= 4 is 34.4 Å². The van der Waals surface area contributed by atoms with E-state index in [1.807, 2.05) is 31.3 Å². The molecular weight excluding hydrogens is 378 g/mol. The minimum Gasteiger partial charge on any atom is -0.353 e. The van der Waals surface area contributed by atoms with E-state index in [1.165, 1.54) is 0 Å². The molecule has 1 saturated heterocycles. The maximum atomic E-state index is 12.3. The molecule has 3 aromatic rings. The van der Waals surface area contributed by atoms with Crippen LogP contribution >= 0.6 is 11.6 Å². The number of aryl methyl sites for hydroxylation is 1. The fourth-order valence-corrected chi connectivity index (χ4v) is 3.51. The van der Waals surface area contributed by atoms with Crippen molar-refractivity contribution in [1.29, 1.82) is 0 Å². The lowest BCUT2D eigenvalue weighted by molar-refractivity contribution is -0.122. The quantitative estimate of drug-likeness (QED) is 0.699. The summed E-state index contributed by atoms with van der Waals surface area (Å²) in [5, 5.41) is 8.89. The van der Waals surface area contributed by atoms with E-state index in [2.05, 4.69) is 30.2 Å². The molecule has 1 N–H and O–H groups in total.